The molecule has 0 fully saturated rings. The summed E-state index contributed by atoms with van der Waals surface area (Å²) in [6.07, 6.45) is 0. The standard InChI is InChI=1S/C12H11N5OS2/c1-7(19-12-17-16-11(14)20-12)10(18)15-9-5-3-2-4-8(9)6-13/h2-5,7H,1H3,(H2,14,16)(H,15,18). The minimum Gasteiger partial charge on any atom is -0.374 e. The molecule has 1 atom stereocenters. The van der Waals surface area contributed by atoms with E-state index in [4.69, 9.17) is 11.0 Å². The van der Waals surface area contributed by atoms with Crippen molar-refractivity contribution in [2.24, 2.45) is 0 Å². The highest BCUT2D eigenvalue weighted by molar-refractivity contribution is 8.02. The number of hydrogen-bond donors (Lipinski definition) is 2. The van der Waals surface area contributed by atoms with Crippen molar-refractivity contribution in [3.05, 3.63) is 29.8 Å². The third-order valence-electron chi connectivity index (χ3n) is 2.37. The predicted octanol–water partition coefficient (Wildman–Crippen LogP) is 2.11. The second-order valence-corrected chi connectivity index (χ2v) is 6.41. The third kappa shape index (κ3) is 3.46. The van der Waals surface area contributed by atoms with Crippen molar-refractivity contribution in [1.82, 2.24) is 10.2 Å². The fourth-order valence-electron chi connectivity index (χ4n) is 1.40. The fraction of sp³-hybridized carbons (Fsp3) is 0.167. The van der Waals surface area contributed by atoms with Gasteiger partial charge >= 0.3 is 0 Å². The van der Waals surface area contributed by atoms with E-state index in [1.807, 2.05) is 6.07 Å². The van der Waals surface area contributed by atoms with Gasteiger partial charge in [0.25, 0.3) is 0 Å². The molecule has 8 heteroatoms. The molecule has 1 amide bonds. The number of nitrogens with two attached hydrogens (primary N) is 1. The quantitative estimate of drug-likeness (QED) is 0.838. The van der Waals surface area contributed by atoms with Crippen molar-refractivity contribution in [2.75, 3.05) is 11.1 Å². The molecule has 2 aromatic rings. The summed E-state index contributed by atoms with van der Waals surface area (Å²) >= 11 is 2.51. The van der Waals surface area contributed by atoms with E-state index in [0.717, 1.165) is 0 Å². The Morgan fingerprint density at radius 3 is 2.90 bits per heavy atom. The van der Waals surface area contributed by atoms with Crippen molar-refractivity contribution in [2.45, 2.75) is 16.5 Å². The number of nitriles is 1. The molecule has 0 aliphatic heterocycles. The summed E-state index contributed by atoms with van der Waals surface area (Å²) in [6.45, 7) is 1.76. The Morgan fingerprint density at radius 1 is 1.50 bits per heavy atom. The Morgan fingerprint density at radius 2 is 2.25 bits per heavy atom. The Labute approximate surface area is 124 Å². The topological polar surface area (TPSA) is 105 Å². The monoisotopic (exact) mass is 305 g/mol. The molecule has 0 bridgehead atoms. The molecule has 1 aromatic carbocycles. The van der Waals surface area contributed by atoms with Crippen molar-refractivity contribution in [3.63, 3.8) is 0 Å². The number of hydrogen-bond acceptors (Lipinski definition) is 7. The predicted molar refractivity (Wildman–Crippen MR) is 79.4 cm³/mol. The number of carbonyl (C=O) groups excluding carboxylic acids is 1. The van der Waals surface area contributed by atoms with Crippen molar-refractivity contribution in [3.8, 4) is 6.07 Å². The lowest BCUT2D eigenvalue weighted by Gasteiger charge is -2.11. The van der Waals surface area contributed by atoms with E-state index in [0.29, 0.717) is 20.7 Å². The summed E-state index contributed by atoms with van der Waals surface area (Å²) in [5.41, 5.74) is 6.42. The van der Waals surface area contributed by atoms with Crippen LogP contribution in [0, 0.1) is 11.3 Å². The van der Waals surface area contributed by atoms with Crippen LogP contribution in [0.5, 0.6) is 0 Å². The minimum atomic E-state index is -0.367. The molecule has 2 rings (SSSR count). The smallest absolute Gasteiger partial charge is 0.237 e. The van der Waals surface area contributed by atoms with Gasteiger partial charge in [0.2, 0.25) is 11.0 Å². The largest absolute Gasteiger partial charge is 0.374 e. The number of thioether (sulfide) groups is 1. The lowest BCUT2D eigenvalue weighted by molar-refractivity contribution is -0.115. The van der Waals surface area contributed by atoms with Crippen LogP contribution >= 0.6 is 23.1 Å². The summed E-state index contributed by atoms with van der Waals surface area (Å²) in [5, 5.41) is 19.2. The van der Waals surface area contributed by atoms with E-state index in [1.54, 1.807) is 31.2 Å². The van der Waals surface area contributed by atoms with E-state index >= 15 is 0 Å². The SMILES string of the molecule is CC(Sc1nnc(N)s1)C(=O)Nc1ccccc1C#N. The molecule has 1 aromatic heterocycles. The van der Waals surface area contributed by atoms with Crippen molar-refractivity contribution in [1.29, 1.82) is 5.26 Å². The van der Waals surface area contributed by atoms with E-state index in [-0.39, 0.29) is 11.2 Å². The summed E-state index contributed by atoms with van der Waals surface area (Å²) in [6, 6.07) is 8.89. The molecule has 0 saturated carbocycles. The molecular formula is C12H11N5OS2. The van der Waals surface area contributed by atoms with Crippen LogP contribution in [0.25, 0.3) is 0 Å². The highest BCUT2D eigenvalue weighted by Crippen LogP contribution is 2.28. The number of rotatable bonds is 4. The van der Waals surface area contributed by atoms with Gasteiger partial charge in [0, 0.05) is 0 Å². The highest BCUT2D eigenvalue weighted by Gasteiger charge is 2.17. The number of para-hydroxylation sites is 1. The van der Waals surface area contributed by atoms with E-state index in [2.05, 4.69) is 15.5 Å². The Bertz CT molecular complexity index is 664. The van der Waals surface area contributed by atoms with Crippen LogP contribution in [0.2, 0.25) is 0 Å². The van der Waals surface area contributed by atoms with Gasteiger partial charge in [-0.25, -0.2) is 0 Å². The molecule has 0 radical (unpaired) electrons. The summed E-state index contributed by atoms with van der Waals surface area (Å²) in [5.74, 6) is -0.202. The summed E-state index contributed by atoms with van der Waals surface area (Å²) < 4.78 is 0.638. The van der Waals surface area contributed by atoms with Crippen LogP contribution in [0.1, 0.15) is 12.5 Å². The van der Waals surface area contributed by atoms with Crippen molar-refractivity contribution >= 4 is 39.8 Å². The normalized spacial score (nSPS) is 11.6. The van der Waals surface area contributed by atoms with Crippen LogP contribution in [0.15, 0.2) is 28.6 Å². The lowest BCUT2D eigenvalue weighted by Crippen LogP contribution is -2.22. The van der Waals surface area contributed by atoms with Gasteiger partial charge in [-0.1, -0.05) is 35.2 Å². The number of nitrogens with one attached hydrogen (secondary N) is 1. The van der Waals surface area contributed by atoms with Gasteiger partial charge < -0.3 is 11.1 Å². The van der Waals surface area contributed by atoms with Crippen LogP contribution in [0.3, 0.4) is 0 Å². The molecule has 1 heterocycles. The van der Waals surface area contributed by atoms with Gasteiger partial charge in [0.05, 0.1) is 16.5 Å². The number of amides is 1. The zero-order chi connectivity index (χ0) is 14.5. The molecule has 0 spiro atoms. The van der Waals surface area contributed by atoms with Crippen LogP contribution in [-0.2, 0) is 4.79 Å². The maximum atomic E-state index is 12.1. The molecule has 3 N–H and O–H groups in total. The average molecular weight is 305 g/mol. The second-order valence-electron chi connectivity index (χ2n) is 3.81. The first-order valence-electron chi connectivity index (χ1n) is 5.66. The molecule has 0 saturated heterocycles. The summed E-state index contributed by atoms with van der Waals surface area (Å²) in [4.78, 5) is 12.1. The lowest BCUT2D eigenvalue weighted by atomic mass is 10.2. The van der Waals surface area contributed by atoms with E-state index in [9.17, 15) is 4.79 Å². The molecule has 1 unspecified atom stereocenters. The van der Waals surface area contributed by atoms with Crippen LogP contribution in [0.4, 0.5) is 10.8 Å². The summed E-state index contributed by atoms with van der Waals surface area (Å²) in [7, 11) is 0. The number of aromatic nitrogens is 2. The number of benzene rings is 1. The second kappa shape index (κ2) is 6.36. The zero-order valence-corrected chi connectivity index (χ0v) is 12.2. The molecule has 6 nitrogen and oxygen atoms in total. The fourth-order valence-corrected chi connectivity index (χ4v) is 3.18. The molecule has 20 heavy (non-hydrogen) atoms. The van der Waals surface area contributed by atoms with E-state index in [1.165, 1.54) is 23.1 Å². The van der Waals surface area contributed by atoms with Gasteiger partial charge in [0.15, 0.2) is 4.34 Å². The van der Waals surface area contributed by atoms with Gasteiger partial charge in [-0.05, 0) is 19.1 Å². The third-order valence-corrected chi connectivity index (χ3v) is 4.31. The van der Waals surface area contributed by atoms with Gasteiger partial charge in [-0.3, -0.25) is 4.79 Å². The first-order chi connectivity index (χ1) is 9.60. The molecule has 0 aliphatic rings. The maximum absolute atomic E-state index is 12.1. The minimum absolute atomic E-state index is 0.202. The number of nitrogens with zero attached hydrogens (tertiary/aromatic N) is 3. The number of carbonyl (C=O) groups is 1. The average Bonchev–Trinajstić information content (AvgIpc) is 2.84. The molecular weight excluding hydrogens is 294 g/mol. The van der Waals surface area contributed by atoms with E-state index < -0.39 is 0 Å². The van der Waals surface area contributed by atoms with Gasteiger partial charge in [-0.2, -0.15) is 5.26 Å². The highest BCUT2D eigenvalue weighted by atomic mass is 32.2. The first kappa shape index (κ1) is 14.3. The van der Waals surface area contributed by atoms with Crippen LogP contribution in [-0.4, -0.2) is 21.4 Å². The van der Waals surface area contributed by atoms with Gasteiger partial charge in [-0.15, -0.1) is 10.2 Å². The maximum Gasteiger partial charge on any atom is 0.237 e. The Hall–Kier alpha value is -2.11. The first-order valence-corrected chi connectivity index (χ1v) is 7.35. The Kier molecular flexibility index (Phi) is 4.55. The van der Waals surface area contributed by atoms with Crippen molar-refractivity contribution < 1.29 is 4.79 Å². The zero-order valence-electron chi connectivity index (χ0n) is 10.5. The van der Waals surface area contributed by atoms with Gasteiger partial charge in [0.1, 0.15) is 6.07 Å². The molecule has 102 valence electrons. The Balaban J connectivity index is 2.02. The number of anilines is 2. The molecule has 0 aliphatic carbocycles. The number of nitrogen functional groups attached to an aromatic ring is 1. The van der Waals surface area contributed by atoms with Crippen LogP contribution < -0.4 is 11.1 Å².